The van der Waals surface area contributed by atoms with E-state index in [1.54, 1.807) is 6.20 Å². The highest BCUT2D eigenvalue weighted by molar-refractivity contribution is 5.85. The fraction of sp³-hybridized carbons (Fsp3) is 0.389. The van der Waals surface area contributed by atoms with E-state index < -0.39 is 5.60 Å². The molecule has 1 aromatic carbocycles. The summed E-state index contributed by atoms with van der Waals surface area (Å²) in [6, 6.07) is 14.0. The maximum Gasteiger partial charge on any atom is 0.119 e. The smallest absolute Gasteiger partial charge is 0.119 e. The van der Waals surface area contributed by atoms with Crippen molar-refractivity contribution in [3.63, 3.8) is 0 Å². The zero-order valence-electron chi connectivity index (χ0n) is 12.1. The Kier molecular flexibility index (Phi) is 5.38. The van der Waals surface area contributed by atoms with Crippen molar-refractivity contribution in [1.82, 2.24) is 4.98 Å². The van der Waals surface area contributed by atoms with Crippen molar-refractivity contribution in [2.24, 2.45) is 5.92 Å². The predicted molar refractivity (Wildman–Crippen MR) is 87.5 cm³/mol. The molecule has 0 spiro atoms. The number of halogens is 1. The van der Waals surface area contributed by atoms with Crippen LogP contribution in [0.1, 0.15) is 43.2 Å². The highest BCUT2D eigenvalue weighted by atomic mass is 35.5. The maximum atomic E-state index is 11.5. The Labute approximate surface area is 132 Å². The first-order valence-electron chi connectivity index (χ1n) is 7.50. The first kappa shape index (κ1) is 16.0. The zero-order valence-corrected chi connectivity index (χ0v) is 12.9. The molecule has 0 aliphatic heterocycles. The molecule has 1 aromatic heterocycles. The average Bonchev–Trinajstić information content (AvgIpc) is 2.56. The van der Waals surface area contributed by atoms with Gasteiger partial charge in [0.05, 0.1) is 0 Å². The molecular weight excluding hydrogens is 282 g/mol. The van der Waals surface area contributed by atoms with Crippen LogP contribution in [-0.2, 0) is 5.60 Å². The third-order valence-corrected chi connectivity index (χ3v) is 4.51. The second-order valence-electron chi connectivity index (χ2n) is 5.71. The van der Waals surface area contributed by atoms with Crippen molar-refractivity contribution in [1.29, 1.82) is 0 Å². The summed E-state index contributed by atoms with van der Waals surface area (Å²) in [4.78, 5) is 4.21. The predicted octanol–water partition coefficient (Wildman–Crippen LogP) is 4.32. The summed E-state index contributed by atoms with van der Waals surface area (Å²) in [5.41, 5.74) is 0.994. The van der Waals surface area contributed by atoms with Crippen molar-refractivity contribution in [3.8, 4) is 0 Å². The molecule has 3 rings (SSSR count). The minimum absolute atomic E-state index is 0. The second kappa shape index (κ2) is 7.06. The topological polar surface area (TPSA) is 33.1 Å². The van der Waals surface area contributed by atoms with E-state index in [0.717, 1.165) is 24.0 Å². The van der Waals surface area contributed by atoms with Gasteiger partial charge in [-0.1, -0.05) is 55.7 Å². The van der Waals surface area contributed by atoms with Crippen LogP contribution in [0.5, 0.6) is 0 Å². The van der Waals surface area contributed by atoms with Crippen molar-refractivity contribution in [3.05, 3.63) is 66.0 Å². The Morgan fingerprint density at radius 1 is 0.905 bits per heavy atom. The number of hydrogen-bond donors (Lipinski definition) is 1. The number of hydrogen-bond acceptors (Lipinski definition) is 2. The molecule has 0 saturated heterocycles. The average molecular weight is 304 g/mol. The van der Waals surface area contributed by atoms with E-state index in [-0.39, 0.29) is 18.3 Å². The lowest BCUT2D eigenvalue weighted by Gasteiger charge is -2.39. The van der Waals surface area contributed by atoms with Gasteiger partial charge in [0.2, 0.25) is 0 Å². The van der Waals surface area contributed by atoms with Gasteiger partial charge < -0.3 is 5.11 Å². The van der Waals surface area contributed by atoms with Crippen LogP contribution in [0.3, 0.4) is 0 Å². The highest BCUT2D eigenvalue weighted by Crippen LogP contribution is 2.43. The van der Waals surface area contributed by atoms with E-state index in [0.29, 0.717) is 0 Å². The van der Waals surface area contributed by atoms with Gasteiger partial charge >= 0.3 is 0 Å². The molecular formula is C18H22ClNO. The minimum atomic E-state index is -0.907. The Bertz CT molecular complexity index is 498. The van der Waals surface area contributed by atoms with Gasteiger partial charge in [0, 0.05) is 18.0 Å². The van der Waals surface area contributed by atoms with Gasteiger partial charge in [0.1, 0.15) is 5.60 Å². The lowest BCUT2D eigenvalue weighted by atomic mass is 9.70. The molecule has 3 heteroatoms. The summed E-state index contributed by atoms with van der Waals surface area (Å²) in [5, 5.41) is 11.5. The molecule has 1 unspecified atom stereocenters. The van der Waals surface area contributed by atoms with Gasteiger partial charge in [0.25, 0.3) is 0 Å². The Morgan fingerprint density at radius 3 is 2.19 bits per heavy atom. The van der Waals surface area contributed by atoms with E-state index in [2.05, 4.69) is 4.98 Å². The summed E-state index contributed by atoms with van der Waals surface area (Å²) < 4.78 is 0. The summed E-state index contributed by atoms with van der Waals surface area (Å²) in [6.45, 7) is 0. The molecule has 2 aromatic rings. The molecule has 1 saturated carbocycles. The number of rotatable bonds is 3. The summed E-state index contributed by atoms with van der Waals surface area (Å²) in [6.07, 6.45) is 9.44. The lowest BCUT2D eigenvalue weighted by molar-refractivity contribution is -0.000992. The number of benzene rings is 1. The molecule has 2 nitrogen and oxygen atoms in total. The Hall–Kier alpha value is -1.38. The van der Waals surface area contributed by atoms with Gasteiger partial charge in [-0.25, -0.2) is 0 Å². The minimum Gasteiger partial charge on any atom is -0.380 e. The number of pyridine rings is 1. The molecule has 0 bridgehead atoms. The third-order valence-electron chi connectivity index (χ3n) is 4.51. The third kappa shape index (κ3) is 3.12. The molecule has 1 fully saturated rings. The van der Waals surface area contributed by atoms with Crippen LogP contribution in [-0.4, -0.2) is 10.1 Å². The molecule has 21 heavy (non-hydrogen) atoms. The molecule has 0 radical (unpaired) electrons. The summed E-state index contributed by atoms with van der Waals surface area (Å²) >= 11 is 0. The van der Waals surface area contributed by atoms with Crippen molar-refractivity contribution in [2.75, 3.05) is 0 Å². The van der Waals surface area contributed by atoms with Crippen molar-refractivity contribution in [2.45, 2.75) is 37.7 Å². The van der Waals surface area contributed by atoms with Crippen LogP contribution in [0.4, 0.5) is 0 Å². The van der Waals surface area contributed by atoms with Crippen LogP contribution < -0.4 is 0 Å². The van der Waals surface area contributed by atoms with Crippen LogP contribution in [0.25, 0.3) is 0 Å². The van der Waals surface area contributed by atoms with E-state index in [4.69, 9.17) is 0 Å². The van der Waals surface area contributed by atoms with Gasteiger partial charge in [-0.3, -0.25) is 4.98 Å². The monoisotopic (exact) mass is 303 g/mol. The van der Waals surface area contributed by atoms with Crippen molar-refractivity contribution >= 4 is 12.4 Å². The second-order valence-corrected chi connectivity index (χ2v) is 5.71. The van der Waals surface area contributed by atoms with E-state index >= 15 is 0 Å². The number of aliphatic hydroxyl groups is 1. The van der Waals surface area contributed by atoms with Gasteiger partial charge in [-0.05, 0) is 30.4 Å². The van der Waals surface area contributed by atoms with E-state index in [1.807, 2.05) is 48.7 Å². The molecule has 1 aliphatic rings. The first-order valence-corrected chi connectivity index (χ1v) is 7.50. The van der Waals surface area contributed by atoms with Gasteiger partial charge in [-0.2, -0.15) is 0 Å². The Morgan fingerprint density at radius 2 is 1.57 bits per heavy atom. The summed E-state index contributed by atoms with van der Waals surface area (Å²) in [5.74, 6) is 0.280. The zero-order chi connectivity index (χ0) is 13.8. The number of nitrogens with zero attached hydrogens (tertiary/aromatic N) is 1. The quantitative estimate of drug-likeness (QED) is 0.916. The molecule has 1 atom stereocenters. The molecule has 112 valence electrons. The van der Waals surface area contributed by atoms with E-state index in [1.165, 1.54) is 19.3 Å². The van der Waals surface area contributed by atoms with Crippen LogP contribution in [0, 0.1) is 5.92 Å². The number of aromatic nitrogens is 1. The molecule has 1 N–H and O–H groups in total. The lowest BCUT2D eigenvalue weighted by Crippen LogP contribution is -2.37. The molecule has 1 aliphatic carbocycles. The summed E-state index contributed by atoms with van der Waals surface area (Å²) in [7, 11) is 0. The SMILES string of the molecule is Cl.OC(c1ccccc1)(c1cccnc1)C1CCCCC1. The van der Waals surface area contributed by atoms with E-state index in [9.17, 15) is 5.11 Å². The van der Waals surface area contributed by atoms with Gasteiger partial charge in [0.15, 0.2) is 0 Å². The van der Waals surface area contributed by atoms with Crippen LogP contribution >= 0.6 is 12.4 Å². The fourth-order valence-electron chi connectivity index (χ4n) is 3.44. The van der Waals surface area contributed by atoms with Crippen LogP contribution in [0.2, 0.25) is 0 Å². The van der Waals surface area contributed by atoms with Crippen molar-refractivity contribution < 1.29 is 5.11 Å². The normalized spacial score (nSPS) is 18.5. The van der Waals surface area contributed by atoms with Gasteiger partial charge in [-0.15, -0.1) is 12.4 Å². The fourth-order valence-corrected chi connectivity index (χ4v) is 3.44. The molecule has 0 amide bonds. The van der Waals surface area contributed by atoms with Crippen LogP contribution in [0.15, 0.2) is 54.9 Å². The Balaban J connectivity index is 0.00000161. The first-order chi connectivity index (χ1) is 9.82. The maximum absolute atomic E-state index is 11.5. The molecule has 1 heterocycles. The standard InChI is InChI=1S/C18H21NO.ClH/c20-18(15-8-3-1-4-9-15,16-10-5-2-6-11-16)17-12-7-13-19-14-17;/h1,3-4,7-9,12-14,16,20H,2,5-6,10-11H2;1H. The largest absolute Gasteiger partial charge is 0.380 e. The highest BCUT2D eigenvalue weighted by Gasteiger charge is 2.40.